The highest BCUT2D eigenvalue weighted by Gasteiger charge is 2.30. The molecule has 0 N–H and O–H groups in total. The molecule has 0 heterocycles. The van der Waals surface area contributed by atoms with Crippen LogP contribution in [0.5, 0.6) is 11.5 Å². The van der Waals surface area contributed by atoms with Crippen molar-refractivity contribution in [1.82, 2.24) is 0 Å². The Morgan fingerprint density at radius 2 is 1.73 bits per heavy atom. The van der Waals surface area contributed by atoms with E-state index in [1.165, 1.54) is 0 Å². The van der Waals surface area contributed by atoms with Crippen molar-refractivity contribution in [2.75, 3.05) is 12.4 Å². The zero-order chi connectivity index (χ0) is 18.8. The van der Waals surface area contributed by atoms with Gasteiger partial charge in [0.05, 0.1) is 12.7 Å². The molecular weight excluding hydrogens is 369 g/mol. The fourth-order valence-electron chi connectivity index (χ4n) is 2.08. The SMILES string of the molecule is CCCSP(=O)(OCC)OC(C#N)c1ccc(Oc2ccccc2)cc1. The lowest BCUT2D eigenvalue weighted by atomic mass is 10.1. The molecule has 0 bridgehead atoms. The maximum absolute atomic E-state index is 12.8. The van der Waals surface area contributed by atoms with Crippen LogP contribution >= 0.6 is 18.2 Å². The van der Waals surface area contributed by atoms with Gasteiger partial charge in [-0.1, -0.05) is 37.3 Å². The second kappa shape index (κ2) is 10.4. The summed E-state index contributed by atoms with van der Waals surface area (Å²) >= 11 is 1.13. The number of nitriles is 1. The summed E-state index contributed by atoms with van der Waals surface area (Å²) in [5.74, 6) is 2.01. The minimum absolute atomic E-state index is 0.260. The van der Waals surface area contributed by atoms with Gasteiger partial charge in [-0.05, 0) is 54.6 Å². The van der Waals surface area contributed by atoms with Crippen LogP contribution in [0.4, 0.5) is 0 Å². The van der Waals surface area contributed by atoms with Crippen molar-refractivity contribution in [3.63, 3.8) is 0 Å². The third-order valence-electron chi connectivity index (χ3n) is 3.25. The molecule has 2 aromatic rings. The summed E-state index contributed by atoms with van der Waals surface area (Å²) in [5.41, 5.74) is 0.602. The molecule has 0 amide bonds. The van der Waals surface area contributed by atoms with Gasteiger partial charge in [0.15, 0.2) is 6.10 Å². The van der Waals surface area contributed by atoms with Gasteiger partial charge in [0.2, 0.25) is 0 Å². The van der Waals surface area contributed by atoms with Crippen LogP contribution in [0.1, 0.15) is 31.9 Å². The fourth-order valence-corrected chi connectivity index (χ4v) is 5.63. The third kappa shape index (κ3) is 6.19. The molecule has 26 heavy (non-hydrogen) atoms. The molecule has 2 unspecified atom stereocenters. The summed E-state index contributed by atoms with van der Waals surface area (Å²) in [4.78, 5) is 0. The van der Waals surface area contributed by atoms with Crippen LogP contribution in [0.25, 0.3) is 0 Å². The first-order valence-electron chi connectivity index (χ1n) is 8.40. The normalized spacial score (nSPS) is 14.2. The molecular formula is C19H22NO4PS. The minimum Gasteiger partial charge on any atom is -0.457 e. The standard InChI is InChI=1S/C19H22NO4PS/c1-3-14-26-25(21,22-4-2)24-19(15-20)16-10-12-18(13-11-16)23-17-8-6-5-7-9-17/h5-13,19H,3-4,14H2,1-2H3. The molecule has 0 aromatic heterocycles. The largest absolute Gasteiger partial charge is 0.457 e. The first-order valence-corrected chi connectivity index (χ1v) is 11.5. The summed E-state index contributed by atoms with van der Waals surface area (Å²) in [6.45, 7) is 0.615. The summed E-state index contributed by atoms with van der Waals surface area (Å²) in [5, 5.41) is 9.45. The Labute approximate surface area is 158 Å². The van der Waals surface area contributed by atoms with Crippen molar-refractivity contribution in [2.45, 2.75) is 26.4 Å². The Morgan fingerprint density at radius 1 is 1.08 bits per heavy atom. The predicted octanol–water partition coefficient (Wildman–Crippen LogP) is 6.35. The Balaban J connectivity index is 2.09. The Kier molecular flexibility index (Phi) is 8.21. The number of benzene rings is 2. The lowest BCUT2D eigenvalue weighted by Crippen LogP contribution is -2.02. The third-order valence-corrected chi connectivity index (χ3v) is 7.28. The molecule has 2 aromatic carbocycles. The number of rotatable bonds is 10. The molecule has 2 rings (SSSR count). The molecule has 0 saturated carbocycles. The second-order valence-corrected chi connectivity index (χ2v) is 9.44. The molecule has 0 spiro atoms. The van der Waals surface area contributed by atoms with E-state index in [9.17, 15) is 9.83 Å². The van der Waals surface area contributed by atoms with Gasteiger partial charge in [0, 0.05) is 5.75 Å². The van der Waals surface area contributed by atoms with Crippen LogP contribution in [-0.2, 0) is 13.6 Å². The van der Waals surface area contributed by atoms with Gasteiger partial charge in [0.25, 0.3) is 0 Å². The molecule has 0 aliphatic rings. The average molecular weight is 391 g/mol. The molecule has 5 nitrogen and oxygen atoms in total. The predicted molar refractivity (Wildman–Crippen MR) is 104 cm³/mol. The molecule has 0 radical (unpaired) electrons. The summed E-state index contributed by atoms with van der Waals surface area (Å²) < 4.78 is 29.4. The van der Waals surface area contributed by atoms with E-state index >= 15 is 0 Å². The molecule has 0 aliphatic heterocycles. The van der Waals surface area contributed by atoms with E-state index < -0.39 is 12.9 Å². The van der Waals surface area contributed by atoms with E-state index in [2.05, 4.69) is 0 Å². The van der Waals surface area contributed by atoms with E-state index in [4.69, 9.17) is 13.8 Å². The van der Waals surface area contributed by atoms with Gasteiger partial charge in [-0.15, -0.1) is 0 Å². The van der Waals surface area contributed by atoms with Gasteiger partial charge in [-0.25, -0.2) is 4.57 Å². The fraction of sp³-hybridized carbons (Fsp3) is 0.316. The van der Waals surface area contributed by atoms with Gasteiger partial charge >= 0.3 is 6.80 Å². The second-order valence-electron chi connectivity index (χ2n) is 5.30. The van der Waals surface area contributed by atoms with E-state index in [0.29, 0.717) is 17.1 Å². The Morgan fingerprint density at radius 3 is 2.31 bits per heavy atom. The van der Waals surface area contributed by atoms with E-state index in [-0.39, 0.29) is 6.61 Å². The van der Waals surface area contributed by atoms with Gasteiger partial charge in [-0.3, -0.25) is 4.52 Å². The van der Waals surface area contributed by atoms with Crippen molar-refractivity contribution >= 4 is 18.2 Å². The maximum atomic E-state index is 12.8. The van der Waals surface area contributed by atoms with Gasteiger partial charge < -0.3 is 9.26 Å². The highest BCUT2D eigenvalue weighted by Crippen LogP contribution is 2.63. The van der Waals surface area contributed by atoms with Crippen molar-refractivity contribution in [1.29, 1.82) is 5.26 Å². The van der Waals surface area contributed by atoms with Crippen molar-refractivity contribution in [3.8, 4) is 17.6 Å². The van der Waals surface area contributed by atoms with Gasteiger partial charge in [-0.2, -0.15) is 5.26 Å². The molecule has 138 valence electrons. The monoisotopic (exact) mass is 391 g/mol. The van der Waals surface area contributed by atoms with Gasteiger partial charge in [0.1, 0.15) is 11.5 Å². The first-order chi connectivity index (χ1) is 12.6. The number of hydrogen-bond donors (Lipinski definition) is 0. The smallest absolute Gasteiger partial charge is 0.390 e. The molecule has 0 saturated heterocycles. The summed E-state index contributed by atoms with van der Waals surface area (Å²) in [6.07, 6.45) is -0.129. The molecule has 0 aliphatic carbocycles. The maximum Gasteiger partial charge on any atom is 0.390 e. The molecule has 2 atom stereocenters. The zero-order valence-corrected chi connectivity index (χ0v) is 16.5. The number of nitrogens with zero attached hydrogens (tertiary/aromatic N) is 1. The van der Waals surface area contributed by atoms with E-state index in [1.54, 1.807) is 31.2 Å². The van der Waals surface area contributed by atoms with Crippen molar-refractivity contribution in [2.24, 2.45) is 0 Å². The number of para-hydroxylation sites is 1. The lowest BCUT2D eigenvalue weighted by molar-refractivity contribution is 0.198. The van der Waals surface area contributed by atoms with Crippen molar-refractivity contribution in [3.05, 3.63) is 60.2 Å². The Bertz CT molecular complexity index is 761. The quantitative estimate of drug-likeness (QED) is 0.440. The topological polar surface area (TPSA) is 68.5 Å². The van der Waals surface area contributed by atoms with Crippen molar-refractivity contribution < 1.29 is 18.3 Å². The van der Waals surface area contributed by atoms with E-state index in [1.807, 2.05) is 43.3 Å². The number of ether oxygens (including phenoxy) is 1. The molecule has 7 heteroatoms. The van der Waals surface area contributed by atoms with Crippen LogP contribution in [0, 0.1) is 11.3 Å². The van der Waals surface area contributed by atoms with Crippen LogP contribution in [0.2, 0.25) is 0 Å². The molecule has 0 fully saturated rings. The highest BCUT2D eigenvalue weighted by molar-refractivity contribution is 8.55. The Hall–Kier alpha value is -1.77. The first kappa shape index (κ1) is 20.5. The summed E-state index contributed by atoms with van der Waals surface area (Å²) in [6, 6.07) is 18.4. The minimum atomic E-state index is -3.38. The van der Waals surface area contributed by atoms with Crippen LogP contribution in [-0.4, -0.2) is 12.4 Å². The van der Waals surface area contributed by atoms with E-state index in [0.717, 1.165) is 23.6 Å². The number of hydrogen-bond acceptors (Lipinski definition) is 6. The van der Waals surface area contributed by atoms with Crippen LogP contribution in [0.3, 0.4) is 0 Å². The summed E-state index contributed by atoms with van der Waals surface area (Å²) in [7, 11) is 0. The lowest BCUT2D eigenvalue weighted by Gasteiger charge is -2.20. The highest BCUT2D eigenvalue weighted by atomic mass is 32.7. The van der Waals surface area contributed by atoms with Crippen LogP contribution < -0.4 is 4.74 Å². The zero-order valence-electron chi connectivity index (χ0n) is 14.8. The van der Waals surface area contributed by atoms with Crippen LogP contribution in [0.15, 0.2) is 54.6 Å². The average Bonchev–Trinajstić information content (AvgIpc) is 2.66.